The van der Waals surface area contributed by atoms with Crippen LogP contribution in [0.25, 0.3) is 0 Å². The number of hydrogen-bond acceptors (Lipinski definition) is 4. The standard InChI is InChI=1S/C14H18N2O3/c17-14(18)10-5-6-15-9-12(10)16-7-8-19-13-4-2-1-3-11(13)16/h5-6,9,11,13H,1-4,7-8H2,(H,17,18). The van der Waals surface area contributed by atoms with Crippen molar-refractivity contribution in [2.75, 3.05) is 18.1 Å². The van der Waals surface area contributed by atoms with Crippen LogP contribution < -0.4 is 4.90 Å². The van der Waals surface area contributed by atoms with E-state index in [9.17, 15) is 9.90 Å². The summed E-state index contributed by atoms with van der Waals surface area (Å²) in [6.07, 6.45) is 7.97. The molecule has 5 nitrogen and oxygen atoms in total. The molecule has 1 aliphatic heterocycles. The van der Waals surface area contributed by atoms with Crippen LogP contribution in [0.5, 0.6) is 0 Å². The lowest BCUT2D eigenvalue weighted by Crippen LogP contribution is -2.53. The number of ether oxygens (including phenoxy) is 1. The van der Waals surface area contributed by atoms with E-state index in [2.05, 4.69) is 9.88 Å². The molecule has 0 radical (unpaired) electrons. The minimum absolute atomic E-state index is 0.240. The van der Waals surface area contributed by atoms with Gasteiger partial charge in [0.2, 0.25) is 0 Å². The van der Waals surface area contributed by atoms with Gasteiger partial charge in [0, 0.05) is 12.7 Å². The van der Waals surface area contributed by atoms with Crippen LogP contribution in [0.15, 0.2) is 18.5 Å². The lowest BCUT2D eigenvalue weighted by Gasteiger charge is -2.45. The number of carboxylic acid groups (broad SMARTS) is 1. The third kappa shape index (κ3) is 2.30. The number of hydrogen-bond donors (Lipinski definition) is 1. The Balaban J connectivity index is 1.94. The minimum Gasteiger partial charge on any atom is -0.478 e. The number of morpholine rings is 1. The molecule has 19 heavy (non-hydrogen) atoms. The van der Waals surface area contributed by atoms with E-state index >= 15 is 0 Å². The first-order chi connectivity index (χ1) is 9.27. The maximum Gasteiger partial charge on any atom is 0.337 e. The number of anilines is 1. The fraction of sp³-hybridized carbons (Fsp3) is 0.571. The van der Waals surface area contributed by atoms with Crippen LogP contribution in [0.3, 0.4) is 0 Å². The van der Waals surface area contributed by atoms with Crippen molar-refractivity contribution in [2.45, 2.75) is 37.8 Å². The van der Waals surface area contributed by atoms with Crippen molar-refractivity contribution >= 4 is 11.7 Å². The van der Waals surface area contributed by atoms with Crippen LogP contribution in [-0.2, 0) is 4.74 Å². The van der Waals surface area contributed by atoms with Crippen molar-refractivity contribution in [2.24, 2.45) is 0 Å². The van der Waals surface area contributed by atoms with E-state index in [-0.39, 0.29) is 6.10 Å². The van der Waals surface area contributed by atoms with E-state index in [4.69, 9.17) is 4.74 Å². The fourth-order valence-corrected chi connectivity index (χ4v) is 3.19. The zero-order valence-corrected chi connectivity index (χ0v) is 10.8. The second kappa shape index (κ2) is 5.17. The van der Waals surface area contributed by atoms with Crippen molar-refractivity contribution in [1.82, 2.24) is 4.98 Å². The summed E-state index contributed by atoms with van der Waals surface area (Å²) < 4.78 is 5.82. The van der Waals surface area contributed by atoms with Crippen LogP contribution in [0.1, 0.15) is 36.0 Å². The summed E-state index contributed by atoms with van der Waals surface area (Å²) in [6, 6.07) is 1.87. The molecule has 0 spiro atoms. The monoisotopic (exact) mass is 262 g/mol. The maximum absolute atomic E-state index is 11.3. The van der Waals surface area contributed by atoms with Crippen LogP contribution in [-0.4, -0.2) is 41.4 Å². The van der Waals surface area contributed by atoms with Gasteiger partial charge in [0.1, 0.15) is 0 Å². The number of carbonyl (C=O) groups is 1. The average molecular weight is 262 g/mol. The molecule has 0 amide bonds. The van der Waals surface area contributed by atoms with E-state index in [0.29, 0.717) is 18.2 Å². The molecule has 2 atom stereocenters. The van der Waals surface area contributed by atoms with Gasteiger partial charge in [-0.05, 0) is 18.9 Å². The van der Waals surface area contributed by atoms with Crippen molar-refractivity contribution < 1.29 is 14.6 Å². The molecule has 1 saturated heterocycles. The average Bonchev–Trinajstić information content (AvgIpc) is 2.46. The van der Waals surface area contributed by atoms with Gasteiger partial charge in [-0.25, -0.2) is 4.79 Å². The van der Waals surface area contributed by atoms with Gasteiger partial charge in [0.25, 0.3) is 0 Å². The van der Waals surface area contributed by atoms with Crippen LogP contribution in [0.2, 0.25) is 0 Å². The molecule has 1 N–H and O–H groups in total. The predicted molar refractivity (Wildman–Crippen MR) is 70.5 cm³/mol. The van der Waals surface area contributed by atoms with Crippen molar-refractivity contribution in [3.05, 3.63) is 24.0 Å². The lowest BCUT2D eigenvalue weighted by molar-refractivity contribution is -0.00880. The number of aromatic carboxylic acids is 1. The Bertz CT molecular complexity index is 476. The van der Waals surface area contributed by atoms with E-state index in [1.165, 1.54) is 19.0 Å². The maximum atomic E-state index is 11.3. The summed E-state index contributed by atoms with van der Waals surface area (Å²) in [5.41, 5.74) is 1.07. The zero-order valence-electron chi connectivity index (χ0n) is 10.8. The highest BCUT2D eigenvalue weighted by Crippen LogP contribution is 2.33. The minimum atomic E-state index is -0.892. The molecule has 1 aliphatic carbocycles. The molecule has 1 aromatic rings. The SMILES string of the molecule is O=C(O)c1ccncc1N1CCOC2CCCCC21. The topological polar surface area (TPSA) is 62.7 Å². The van der Waals surface area contributed by atoms with E-state index < -0.39 is 5.97 Å². The number of nitrogens with zero attached hydrogens (tertiary/aromatic N) is 2. The molecule has 2 unspecified atom stereocenters. The number of carboxylic acids is 1. The summed E-state index contributed by atoms with van der Waals surface area (Å²) in [6.45, 7) is 1.41. The largest absolute Gasteiger partial charge is 0.478 e. The fourth-order valence-electron chi connectivity index (χ4n) is 3.19. The van der Waals surface area contributed by atoms with Gasteiger partial charge in [-0.15, -0.1) is 0 Å². The molecule has 0 bridgehead atoms. The van der Waals surface area contributed by atoms with Gasteiger partial charge in [-0.3, -0.25) is 4.98 Å². The van der Waals surface area contributed by atoms with Crippen molar-refractivity contribution in [3.8, 4) is 0 Å². The van der Waals surface area contributed by atoms with Crippen molar-refractivity contribution in [1.29, 1.82) is 0 Å². The number of rotatable bonds is 2. The lowest BCUT2D eigenvalue weighted by atomic mass is 9.89. The quantitative estimate of drug-likeness (QED) is 0.882. The summed E-state index contributed by atoms with van der Waals surface area (Å²) in [5.74, 6) is -0.892. The van der Waals surface area contributed by atoms with E-state index in [0.717, 1.165) is 25.1 Å². The Morgan fingerprint density at radius 2 is 2.26 bits per heavy atom. The Morgan fingerprint density at radius 3 is 3.11 bits per heavy atom. The second-order valence-corrected chi connectivity index (χ2v) is 5.15. The molecule has 5 heteroatoms. The van der Waals surface area contributed by atoms with Gasteiger partial charge in [0.15, 0.2) is 0 Å². The number of pyridine rings is 1. The summed E-state index contributed by atoms with van der Waals surface area (Å²) in [7, 11) is 0. The molecule has 102 valence electrons. The Labute approximate surface area is 112 Å². The predicted octanol–water partition coefficient (Wildman–Crippen LogP) is 1.93. The first-order valence-corrected chi connectivity index (χ1v) is 6.83. The highest BCUT2D eigenvalue weighted by Gasteiger charge is 2.35. The number of aromatic nitrogens is 1. The molecule has 0 aromatic carbocycles. The van der Waals surface area contributed by atoms with Crippen molar-refractivity contribution in [3.63, 3.8) is 0 Å². The van der Waals surface area contributed by atoms with Gasteiger partial charge < -0.3 is 14.7 Å². The Hall–Kier alpha value is -1.62. The summed E-state index contributed by atoms with van der Waals surface area (Å²) in [5, 5.41) is 9.31. The zero-order chi connectivity index (χ0) is 13.2. The van der Waals surface area contributed by atoms with Gasteiger partial charge in [-0.1, -0.05) is 12.8 Å². The smallest absolute Gasteiger partial charge is 0.337 e. The number of fused-ring (bicyclic) bond motifs is 1. The second-order valence-electron chi connectivity index (χ2n) is 5.15. The normalized spacial score (nSPS) is 26.8. The molecule has 2 fully saturated rings. The van der Waals surface area contributed by atoms with Crippen LogP contribution in [0.4, 0.5) is 5.69 Å². The highest BCUT2D eigenvalue weighted by atomic mass is 16.5. The molecular formula is C14H18N2O3. The van der Waals surface area contributed by atoms with E-state index in [1.807, 2.05) is 0 Å². The van der Waals surface area contributed by atoms with Gasteiger partial charge in [-0.2, -0.15) is 0 Å². The van der Waals surface area contributed by atoms with E-state index in [1.54, 1.807) is 12.3 Å². The Morgan fingerprint density at radius 1 is 1.42 bits per heavy atom. The molecule has 1 aromatic heterocycles. The highest BCUT2D eigenvalue weighted by molar-refractivity contribution is 5.94. The summed E-state index contributed by atoms with van der Waals surface area (Å²) >= 11 is 0. The first-order valence-electron chi connectivity index (χ1n) is 6.83. The molecule has 2 heterocycles. The van der Waals surface area contributed by atoms with Crippen LogP contribution >= 0.6 is 0 Å². The third-order valence-corrected chi connectivity index (χ3v) is 4.07. The van der Waals surface area contributed by atoms with Crippen LogP contribution in [0, 0.1) is 0 Å². The molecule has 1 saturated carbocycles. The third-order valence-electron chi connectivity index (χ3n) is 4.07. The van der Waals surface area contributed by atoms with Gasteiger partial charge >= 0.3 is 5.97 Å². The molecular weight excluding hydrogens is 244 g/mol. The molecule has 3 rings (SSSR count). The first kappa shape index (κ1) is 12.4. The molecule has 2 aliphatic rings. The summed E-state index contributed by atoms with van der Waals surface area (Å²) in [4.78, 5) is 17.6. The van der Waals surface area contributed by atoms with Gasteiger partial charge in [0.05, 0.1) is 36.2 Å². The Kier molecular flexibility index (Phi) is 3.38.